The molecule has 0 N–H and O–H groups in total. The highest BCUT2D eigenvalue weighted by atomic mass is 127. The maximum absolute atomic E-state index is 12.4. The number of halogens is 3. The molecule has 0 fully saturated rings. The molecular formula is C15H11BrClIO2. The number of carbonyl (C=O) groups excluding carboxylic acids is 1. The van der Waals surface area contributed by atoms with E-state index in [1.54, 1.807) is 25.3 Å². The lowest BCUT2D eigenvalue weighted by Gasteiger charge is -2.09. The minimum absolute atomic E-state index is 0.0382. The van der Waals surface area contributed by atoms with Crippen LogP contribution in [0.5, 0.6) is 5.75 Å². The standard InChI is InChI=1S/C15H11BrClIO2/c1-20-15-5-3-11(17)6-9(15)7-14(19)12-8-10(16)2-4-13(12)18/h2-6,8H,7H2,1H3. The molecule has 0 aliphatic carbocycles. The average Bonchev–Trinajstić information content (AvgIpc) is 2.41. The number of methoxy groups -OCH3 is 1. The molecule has 0 saturated carbocycles. The van der Waals surface area contributed by atoms with E-state index < -0.39 is 0 Å². The van der Waals surface area contributed by atoms with Gasteiger partial charge >= 0.3 is 0 Å². The summed E-state index contributed by atoms with van der Waals surface area (Å²) in [5.41, 5.74) is 1.49. The Labute approximate surface area is 144 Å². The second kappa shape index (κ2) is 6.91. The Hall–Kier alpha value is -0.590. The molecule has 0 amide bonds. The van der Waals surface area contributed by atoms with Crippen molar-refractivity contribution in [3.8, 4) is 5.75 Å². The van der Waals surface area contributed by atoms with Crippen LogP contribution in [-0.4, -0.2) is 12.9 Å². The molecule has 0 spiro atoms. The van der Waals surface area contributed by atoms with E-state index in [9.17, 15) is 4.79 Å². The van der Waals surface area contributed by atoms with Gasteiger partial charge in [-0.25, -0.2) is 0 Å². The van der Waals surface area contributed by atoms with Crippen LogP contribution in [0.1, 0.15) is 15.9 Å². The zero-order valence-electron chi connectivity index (χ0n) is 10.6. The van der Waals surface area contributed by atoms with Crippen molar-refractivity contribution in [3.05, 3.63) is 60.6 Å². The SMILES string of the molecule is COc1ccc(Cl)cc1CC(=O)c1cc(Br)ccc1I. The van der Waals surface area contributed by atoms with Gasteiger partial charge in [0.15, 0.2) is 5.78 Å². The number of ether oxygens (including phenoxy) is 1. The molecule has 0 unspecified atom stereocenters. The van der Waals surface area contributed by atoms with Crippen LogP contribution in [0.4, 0.5) is 0 Å². The summed E-state index contributed by atoms with van der Waals surface area (Å²) in [7, 11) is 1.58. The van der Waals surface area contributed by atoms with Gasteiger partial charge in [0.05, 0.1) is 7.11 Å². The molecule has 20 heavy (non-hydrogen) atoms. The number of rotatable bonds is 4. The summed E-state index contributed by atoms with van der Waals surface area (Å²) in [6.07, 6.45) is 0.260. The third-order valence-corrected chi connectivity index (χ3v) is 4.49. The predicted octanol–water partition coefficient (Wildman–Crippen LogP) is 5.14. The maximum atomic E-state index is 12.4. The Balaban J connectivity index is 2.32. The van der Waals surface area contributed by atoms with Crippen LogP contribution in [0.25, 0.3) is 0 Å². The van der Waals surface area contributed by atoms with Crippen LogP contribution < -0.4 is 4.74 Å². The first-order valence-electron chi connectivity index (χ1n) is 5.82. The van der Waals surface area contributed by atoms with Gasteiger partial charge in [0, 0.05) is 30.6 Å². The summed E-state index contributed by atoms with van der Waals surface area (Å²) in [5, 5.41) is 0.595. The van der Waals surface area contributed by atoms with E-state index in [1.807, 2.05) is 18.2 Å². The van der Waals surface area contributed by atoms with Crippen molar-refractivity contribution in [2.45, 2.75) is 6.42 Å². The van der Waals surface area contributed by atoms with Crippen LogP contribution >= 0.6 is 50.1 Å². The topological polar surface area (TPSA) is 26.3 Å². The van der Waals surface area contributed by atoms with Gasteiger partial charge in [0.25, 0.3) is 0 Å². The monoisotopic (exact) mass is 464 g/mol. The van der Waals surface area contributed by atoms with Gasteiger partial charge in [-0.3, -0.25) is 4.79 Å². The second-order valence-electron chi connectivity index (χ2n) is 4.18. The van der Waals surface area contributed by atoms with Crippen LogP contribution in [0, 0.1) is 3.57 Å². The van der Waals surface area contributed by atoms with Gasteiger partial charge < -0.3 is 4.74 Å². The van der Waals surface area contributed by atoms with Gasteiger partial charge in [-0.05, 0) is 59.0 Å². The summed E-state index contributed by atoms with van der Waals surface area (Å²) < 4.78 is 7.08. The first-order chi connectivity index (χ1) is 9.51. The normalized spacial score (nSPS) is 10.4. The minimum atomic E-state index is 0.0382. The number of ketones is 1. The third-order valence-electron chi connectivity index (χ3n) is 2.82. The lowest BCUT2D eigenvalue weighted by atomic mass is 10.0. The zero-order chi connectivity index (χ0) is 14.7. The molecule has 2 rings (SSSR count). The number of carbonyl (C=O) groups is 1. The van der Waals surface area contributed by atoms with Crippen molar-refractivity contribution in [1.82, 2.24) is 0 Å². The van der Waals surface area contributed by atoms with Crippen molar-refractivity contribution in [1.29, 1.82) is 0 Å². The van der Waals surface area contributed by atoms with Crippen LogP contribution in [0.15, 0.2) is 40.9 Å². The summed E-state index contributed by atoms with van der Waals surface area (Å²) in [5.74, 6) is 0.712. The highest BCUT2D eigenvalue weighted by Gasteiger charge is 2.14. The molecule has 0 aliphatic heterocycles. The Bertz CT molecular complexity index is 658. The minimum Gasteiger partial charge on any atom is -0.496 e. The van der Waals surface area contributed by atoms with E-state index in [-0.39, 0.29) is 12.2 Å². The number of benzene rings is 2. The molecular weight excluding hydrogens is 454 g/mol. The maximum Gasteiger partial charge on any atom is 0.168 e. The lowest BCUT2D eigenvalue weighted by molar-refractivity contribution is 0.0991. The molecule has 0 heterocycles. The fraction of sp³-hybridized carbons (Fsp3) is 0.133. The molecule has 0 atom stereocenters. The smallest absolute Gasteiger partial charge is 0.168 e. The predicted molar refractivity (Wildman–Crippen MR) is 92.9 cm³/mol. The Morgan fingerprint density at radius 2 is 2.05 bits per heavy atom. The van der Waals surface area contributed by atoms with Gasteiger partial charge in [0.1, 0.15) is 5.75 Å². The van der Waals surface area contributed by atoms with Gasteiger partial charge in [-0.2, -0.15) is 0 Å². The van der Waals surface area contributed by atoms with Crippen molar-refractivity contribution < 1.29 is 9.53 Å². The average molecular weight is 466 g/mol. The summed E-state index contributed by atoms with van der Waals surface area (Å²) >= 11 is 11.5. The van der Waals surface area contributed by atoms with Crippen LogP contribution in [0.3, 0.4) is 0 Å². The molecule has 0 aromatic heterocycles. The number of hydrogen-bond acceptors (Lipinski definition) is 2. The third kappa shape index (κ3) is 3.74. The molecule has 2 nitrogen and oxygen atoms in total. The van der Waals surface area contributed by atoms with E-state index in [0.717, 1.165) is 13.6 Å². The van der Waals surface area contributed by atoms with Crippen molar-refractivity contribution in [2.75, 3.05) is 7.11 Å². The number of Topliss-reactive ketones (excluding diaryl/α,β-unsaturated/α-hetero) is 1. The first kappa shape index (κ1) is 15.8. The highest BCUT2D eigenvalue weighted by Crippen LogP contribution is 2.26. The Morgan fingerprint density at radius 1 is 1.30 bits per heavy atom. The largest absolute Gasteiger partial charge is 0.496 e. The van der Waals surface area contributed by atoms with E-state index in [1.165, 1.54) is 0 Å². The molecule has 0 radical (unpaired) electrons. The molecule has 0 aliphatic rings. The summed E-state index contributed by atoms with van der Waals surface area (Å²) in [6, 6.07) is 10.9. The van der Waals surface area contributed by atoms with Crippen molar-refractivity contribution in [2.24, 2.45) is 0 Å². The second-order valence-corrected chi connectivity index (χ2v) is 6.69. The number of hydrogen-bond donors (Lipinski definition) is 0. The Kier molecular flexibility index (Phi) is 5.46. The van der Waals surface area contributed by atoms with Crippen LogP contribution in [-0.2, 0) is 6.42 Å². The molecule has 5 heteroatoms. The van der Waals surface area contributed by atoms with E-state index in [0.29, 0.717) is 16.3 Å². The quantitative estimate of drug-likeness (QED) is 0.462. The fourth-order valence-corrected chi connectivity index (χ4v) is 3.06. The van der Waals surface area contributed by atoms with Crippen LogP contribution in [0.2, 0.25) is 5.02 Å². The van der Waals surface area contributed by atoms with Crippen molar-refractivity contribution in [3.63, 3.8) is 0 Å². The molecule has 0 bridgehead atoms. The molecule has 2 aromatic carbocycles. The van der Waals surface area contributed by atoms with Gasteiger partial charge in [-0.1, -0.05) is 27.5 Å². The first-order valence-corrected chi connectivity index (χ1v) is 8.07. The zero-order valence-corrected chi connectivity index (χ0v) is 15.1. The van der Waals surface area contributed by atoms with E-state index in [4.69, 9.17) is 16.3 Å². The summed E-state index contributed by atoms with van der Waals surface area (Å²) in [6.45, 7) is 0. The Morgan fingerprint density at radius 3 is 2.75 bits per heavy atom. The van der Waals surface area contributed by atoms with Gasteiger partial charge in [-0.15, -0.1) is 0 Å². The van der Waals surface area contributed by atoms with E-state index >= 15 is 0 Å². The molecule has 0 saturated heterocycles. The molecule has 104 valence electrons. The fourth-order valence-electron chi connectivity index (χ4n) is 1.86. The highest BCUT2D eigenvalue weighted by molar-refractivity contribution is 14.1. The summed E-state index contributed by atoms with van der Waals surface area (Å²) in [4.78, 5) is 12.4. The van der Waals surface area contributed by atoms with Gasteiger partial charge in [0.2, 0.25) is 0 Å². The van der Waals surface area contributed by atoms with E-state index in [2.05, 4.69) is 38.5 Å². The molecule has 2 aromatic rings. The lowest BCUT2D eigenvalue weighted by Crippen LogP contribution is -2.07. The van der Waals surface area contributed by atoms with Crippen molar-refractivity contribution >= 4 is 55.9 Å².